The summed E-state index contributed by atoms with van der Waals surface area (Å²) in [5.41, 5.74) is 2.27. The zero-order chi connectivity index (χ0) is 17.1. The van der Waals surface area contributed by atoms with Crippen LogP contribution in [0.2, 0.25) is 0 Å². The molecule has 0 aliphatic carbocycles. The topological polar surface area (TPSA) is 49.0 Å². The van der Waals surface area contributed by atoms with E-state index in [-0.39, 0.29) is 5.60 Å². The number of benzene rings is 1. The van der Waals surface area contributed by atoms with Crippen LogP contribution in [0.1, 0.15) is 30.4 Å². The number of methoxy groups -OCH3 is 2. The van der Waals surface area contributed by atoms with Gasteiger partial charge in [0.2, 0.25) is 0 Å². The van der Waals surface area contributed by atoms with Gasteiger partial charge >= 0.3 is 0 Å². The fourth-order valence-corrected chi connectivity index (χ4v) is 3.05. The average molecular weight is 337 g/mol. The minimum Gasteiger partial charge on any atom is -0.385 e. The third kappa shape index (κ3) is 5.83. The van der Waals surface area contributed by atoms with Crippen LogP contribution in [0.3, 0.4) is 0 Å². The Balaban J connectivity index is 1.95. The lowest BCUT2D eigenvalue weighted by Crippen LogP contribution is -2.42. The molecule has 1 aliphatic rings. The standard InChI is InChI=1S/C19H31NO4/c1-21-12-3-13-24-19(8-10-20-11-9-19)18-6-4-17(5-7-18)16-23-15-14-22-2/h4-7,20H,3,8-16H2,1-2H3. The Kier molecular flexibility index (Phi) is 8.70. The lowest BCUT2D eigenvalue weighted by molar-refractivity contribution is -0.0758. The Bertz CT molecular complexity index is 443. The molecular weight excluding hydrogens is 306 g/mol. The van der Waals surface area contributed by atoms with Crippen LogP contribution in [0.4, 0.5) is 0 Å². The zero-order valence-corrected chi connectivity index (χ0v) is 15.0. The molecule has 0 amide bonds. The van der Waals surface area contributed by atoms with Crippen molar-refractivity contribution in [2.75, 3.05) is 53.7 Å². The maximum absolute atomic E-state index is 6.34. The van der Waals surface area contributed by atoms with E-state index in [0.29, 0.717) is 19.8 Å². The van der Waals surface area contributed by atoms with Gasteiger partial charge in [0.1, 0.15) is 0 Å². The molecule has 0 unspecified atom stereocenters. The highest BCUT2D eigenvalue weighted by atomic mass is 16.5. The van der Waals surface area contributed by atoms with E-state index in [1.165, 1.54) is 11.1 Å². The highest BCUT2D eigenvalue weighted by molar-refractivity contribution is 5.28. The maximum atomic E-state index is 6.34. The first-order valence-electron chi connectivity index (χ1n) is 8.80. The van der Waals surface area contributed by atoms with Gasteiger partial charge in [-0.1, -0.05) is 24.3 Å². The van der Waals surface area contributed by atoms with Crippen LogP contribution in [0.5, 0.6) is 0 Å². The van der Waals surface area contributed by atoms with Crippen LogP contribution in [0.15, 0.2) is 24.3 Å². The molecule has 0 atom stereocenters. The third-order valence-corrected chi connectivity index (χ3v) is 4.46. The largest absolute Gasteiger partial charge is 0.385 e. The van der Waals surface area contributed by atoms with E-state index in [1.54, 1.807) is 14.2 Å². The van der Waals surface area contributed by atoms with Crippen molar-refractivity contribution in [2.45, 2.75) is 31.5 Å². The van der Waals surface area contributed by atoms with Crippen molar-refractivity contribution < 1.29 is 18.9 Å². The van der Waals surface area contributed by atoms with E-state index in [0.717, 1.165) is 45.6 Å². The van der Waals surface area contributed by atoms with E-state index in [1.807, 2.05) is 0 Å². The smallest absolute Gasteiger partial charge is 0.0955 e. The molecule has 1 fully saturated rings. The van der Waals surface area contributed by atoms with Crippen LogP contribution in [0, 0.1) is 0 Å². The van der Waals surface area contributed by atoms with E-state index in [2.05, 4.69) is 29.6 Å². The summed E-state index contributed by atoms with van der Waals surface area (Å²) in [6.45, 7) is 5.33. The second-order valence-electron chi connectivity index (χ2n) is 6.18. The minimum atomic E-state index is -0.172. The lowest BCUT2D eigenvalue weighted by Gasteiger charge is -2.38. The van der Waals surface area contributed by atoms with Gasteiger partial charge in [0.15, 0.2) is 0 Å². The predicted molar refractivity (Wildman–Crippen MR) is 94.2 cm³/mol. The highest BCUT2D eigenvalue weighted by Gasteiger charge is 2.34. The van der Waals surface area contributed by atoms with Crippen molar-refractivity contribution in [1.29, 1.82) is 0 Å². The molecule has 1 saturated heterocycles. The fourth-order valence-electron chi connectivity index (χ4n) is 3.05. The molecule has 0 aromatic heterocycles. The molecule has 0 spiro atoms. The number of nitrogens with one attached hydrogen (secondary N) is 1. The number of hydrogen-bond donors (Lipinski definition) is 1. The first-order valence-corrected chi connectivity index (χ1v) is 8.80. The first-order chi connectivity index (χ1) is 11.8. The average Bonchev–Trinajstić information content (AvgIpc) is 2.64. The van der Waals surface area contributed by atoms with Gasteiger partial charge in [0, 0.05) is 27.4 Å². The maximum Gasteiger partial charge on any atom is 0.0955 e. The van der Waals surface area contributed by atoms with Gasteiger partial charge in [-0.25, -0.2) is 0 Å². The normalized spacial score (nSPS) is 17.1. The van der Waals surface area contributed by atoms with Gasteiger partial charge in [0.25, 0.3) is 0 Å². The van der Waals surface area contributed by atoms with Gasteiger partial charge in [-0.3, -0.25) is 0 Å². The van der Waals surface area contributed by atoms with Crippen molar-refractivity contribution in [2.24, 2.45) is 0 Å². The fraction of sp³-hybridized carbons (Fsp3) is 0.684. The van der Waals surface area contributed by atoms with Crippen molar-refractivity contribution >= 4 is 0 Å². The second-order valence-corrected chi connectivity index (χ2v) is 6.18. The number of rotatable bonds is 11. The van der Waals surface area contributed by atoms with Gasteiger partial charge in [-0.05, 0) is 43.5 Å². The van der Waals surface area contributed by atoms with Crippen molar-refractivity contribution in [3.05, 3.63) is 35.4 Å². The molecule has 24 heavy (non-hydrogen) atoms. The second kappa shape index (κ2) is 10.8. The Hall–Kier alpha value is -0.980. The SMILES string of the molecule is COCCCOC1(c2ccc(COCCOC)cc2)CCNCC1. The Morgan fingerprint density at radius 1 is 0.917 bits per heavy atom. The summed E-state index contributed by atoms with van der Waals surface area (Å²) in [4.78, 5) is 0. The molecule has 1 aromatic rings. The summed E-state index contributed by atoms with van der Waals surface area (Å²) >= 11 is 0. The van der Waals surface area contributed by atoms with Gasteiger partial charge in [-0.2, -0.15) is 0 Å². The number of ether oxygens (including phenoxy) is 4. The molecule has 0 radical (unpaired) electrons. The molecule has 136 valence electrons. The summed E-state index contributed by atoms with van der Waals surface area (Å²) in [5, 5.41) is 3.43. The molecule has 2 rings (SSSR count). The van der Waals surface area contributed by atoms with Crippen LogP contribution < -0.4 is 5.32 Å². The van der Waals surface area contributed by atoms with E-state index >= 15 is 0 Å². The molecule has 1 aliphatic heterocycles. The predicted octanol–water partition coefficient (Wildman–Crippen LogP) is 2.48. The van der Waals surface area contributed by atoms with Gasteiger partial charge in [-0.15, -0.1) is 0 Å². The summed E-state index contributed by atoms with van der Waals surface area (Å²) in [5.74, 6) is 0. The Morgan fingerprint density at radius 2 is 1.62 bits per heavy atom. The first kappa shape index (κ1) is 19.3. The Labute approximate surface area is 145 Å². The van der Waals surface area contributed by atoms with Gasteiger partial charge in [0.05, 0.1) is 25.4 Å². The molecule has 0 saturated carbocycles. The van der Waals surface area contributed by atoms with E-state index in [4.69, 9.17) is 18.9 Å². The van der Waals surface area contributed by atoms with E-state index in [9.17, 15) is 0 Å². The van der Waals surface area contributed by atoms with Crippen LogP contribution in [-0.2, 0) is 31.2 Å². The molecule has 1 aromatic carbocycles. The van der Waals surface area contributed by atoms with Crippen LogP contribution in [0.25, 0.3) is 0 Å². The van der Waals surface area contributed by atoms with Crippen molar-refractivity contribution in [3.63, 3.8) is 0 Å². The summed E-state index contributed by atoms with van der Waals surface area (Å²) in [7, 11) is 3.41. The van der Waals surface area contributed by atoms with Crippen molar-refractivity contribution in [3.8, 4) is 0 Å². The lowest BCUT2D eigenvalue weighted by atomic mass is 9.84. The Morgan fingerprint density at radius 3 is 2.29 bits per heavy atom. The zero-order valence-electron chi connectivity index (χ0n) is 15.0. The third-order valence-electron chi connectivity index (χ3n) is 4.46. The summed E-state index contributed by atoms with van der Waals surface area (Å²) in [6.07, 6.45) is 2.93. The number of piperidine rings is 1. The molecule has 1 N–H and O–H groups in total. The summed E-state index contributed by atoms with van der Waals surface area (Å²) in [6, 6.07) is 8.67. The molecule has 5 nitrogen and oxygen atoms in total. The quantitative estimate of drug-likeness (QED) is 0.629. The summed E-state index contributed by atoms with van der Waals surface area (Å²) < 4.78 is 22.0. The molecular formula is C19H31NO4. The van der Waals surface area contributed by atoms with E-state index < -0.39 is 0 Å². The molecule has 1 heterocycles. The van der Waals surface area contributed by atoms with Crippen LogP contribution >= 0.6 is 0 Å². The van der Waals surface area contributed by atoms with Crippen LogP contribution in [-0.4, -0.2) is 53.7 Å². The molecule has 5 heteroatoms. The van der Waals surface area contributed by atoms with Gasteiger partial charge < -0.3 is 24.3 Å². The van der Waals surface area contributed by atoms with Crippen molar-refractivity contribution in [1.82, 2.24) is 5.32 Å². The highest BCUT2D eigenvalue weighted by Crippen LogP contribution is 2.35. The number of hydrogen-bond acceptors (Lipinski definition) is 5. The monoisotopic (exact) mass is 337 g/mol. The minimum absolute atomic E-state index is 0.172. The molecule has 0 bridgehead atoms.